The van der Waals surface area contributed by atoms with Crippen LogP contribution in [0.3, 0.4) is 0 Å². The molecule has 25 heavy (non-hydrogen) atoms. The van der Waals surface area contributed by atoms with Crippen LogP contribution in [0.25, 0.3) is 0 Å². The Bertz CT molecular complexity index is 823. The maximum Gasteiger partial charge on any atom is 0.416 e. The minimum absolute atomic E-state index is 0.0683. The number of urea groups is 1. The molecule has 0 spiro atoms. The van der Waals surface area contributed by atoms with Crippen LogP contribution in [0.4, 0.5) is 28.0 Å². The van der Waals surface area contributed by atoms with E-state index < -0.39 is 35.1 Å². The minimum atomic E-state index is -4.56. The van der Waals surface area contributed by atoms with Crippen molar-refractivity contribution in [3.8, 4) is 0 Å². The summed E-state index contributed by atoms with van der Waals surface area (Å²) in [6.45, 7) is 0. The van der Waals surface area contributed by atoms with E-state index in [-0.39, 0.29) is 15.6 Å². The maximum atomic E-state index is 13.6. The van der Waals surface area contributed by atoms with E-state index in [2.05, 4.69) is 17.9 Å². The number of thiol groups is 1. The Balaban J connectivity index is 2.12. The van der Waals surface area contributed by atoms with E-state index in [1.54, 1.807) is 0 Å². The molecule has 0 radical (unpaired) electrons. The standard InChI is InChI=1S/C15H9ClF4N2O2S/c16-8-2-1-3-9(17)12(8)13(23)22-14(24)21-10-5-4-7(6-11(10)25)15(18,19)20/h1-6,25H,(H2,21,22,23,24). The first kappa shape index (κ1) is 19.1. The smallest absolute Gasteiger partial charge is 0.307 e. The monoisotopic (exact) mass is 392 g/mol. The molecule has 0 fully saturated rings. The van der Waals surface area contributed by atoms with E-state index in [0.717, 1.165) is 18.2 Å². The van der Waals surface area contributed by atoms with Gasteiger partial charge in [0.2, 0.25) is 0 Å². The molecule has 4 nitrogen and oxygen atoms in total. The zero-order chi connectivity index (χ0) is 18.8. The van der Waals surface area contributed by atoms with Crippen molar-refractivity contribution in [2.75, 3.05) is 5.32 Å². The van der Waals surface area contributed by atoms with Gasteiger partial charge in [0.1, 0.15) is 5.82 Å². The molecule has 0 bridgehead atoms. The van der Waals surface area contributed by atoms with Crippen molar-refractivity contribution in [2.45, 2.75) is 11.1 Å². The van der Waals surface area contributed by atoms with Gasteiger partial charge in [0.25, 0.3) is 5.91 Å². The second-order valence-corrected chi connectivity index (χ2v) is 5.62. The number of imide groups is 1. The van der Waals surface area contributed by atoms with E-state index in [4.69, 9.17) is 11.6 Å². The van der Waals surface area contributed by atoms with E-state index in [1.807, 2.05) is 5.32 Å². The van der Waals surface area contributed by atoms with Gasteiger partial charge in [0.15, 0.2) is 0 Å². The fourth-order valence-electron chi connectivity index (χ4n) is 1.85. The van der Waals surface area contributed by atoms with Crippen molar-refractivity contribution in [3.05, 3.63) is 58.4 Å². The molecule has 0 atom stereocenters. The number of carbonyl (C=O) groups excluding carboxylic acids is 2. The summed E-state index contributed by atoms with van der Waals surface area (Å²) in [7, 11) is 0. The van der Waals surface area contributed by atoms with Crippen LogP contribution in [0, 0.1) is 5.82 Å². The highest BCUT2D eigenvalue weighted by Crippen LogP contribution is 2.33. The lowest BCUT2D eigenvalue weighted by atomic mass is 10.2. The lowest BCUT2D eigenvalue weighted by Gasteiger charge is -2.12. The predicted molar refractivity (Wildman–Crippen MR) is 86.6 cm³/mol. The maximum absolute atomic E-state index is 13.6. The predicted octanol–water partition coefficient (Wildman–Crippen LogP) is 4.75. The first-order valence-corrected chi connectivity index (χ1v) is 7.38. The van der Waals surface area contributed by atoms with Crippen molar-refractivity contribution < 1.29 is 27.2 Å². The number of hydrogen-bond acceptors (Lipinski definition) is 3. The van der Waals surface area contributed by atoms with E-state index in [1.165, 1.54) is 12.1 Å². The van der Waals surface area contributed by atoms with Crippen molar-refractivity contribution >= 4 is 41.9 Å². The molecule has 10 heteroatoms. The number of rotatable bonds is 2. The summed E-state index contributed by atoms with van der Waals surface area (Å²) in [5, 5.41) is 3.78. The highest BCUT2D eigenvalue weighted by Gasteiger charge is 2.30. The van der Waals surface area contributed by atoms with Gasteiger partial charge >= 0.3 is 12.2 Å². The molecule has 0 aliphatic rings. The Hall–Kier alpha value is -2.26. The number of halogens is 5. The summed E-state index contributed by atoms with van der Waals surface area (Å²) in [5.41, 5.74) is -1.54. The third kappa shape index (κ3) is 4.64. The largest absolute Gasteiger partial charge is 0.416 e. The third-order valence-corrected chi connectivity index (χ3v) is 3.68. The van der Waals surface area contributed by atoms with Crippen LogP contribution in [0.15, 0.2) is 41.3 Å². The van der Waals surface area contributed by atoms with Crippen LogP contribution in [0.1, 0.15) is 15.9 Å². The first-order valence-electron chi connectivity index (χ1n) is 6.56. The molecule has 2 N–H and O–H groups in total. The van der Waals surface area contributed by atoms with Crippen LogP contribution in [0.5, 0.6) is 0 Å². The van der Waals surface area contributed by atoms with Gasteiger partial charge in [-0.1, -0.05) is 17.7 Å². The van der Waals surface area contributed by atoms with Gasteiger partial charge in [-0.25, -0.2) is 9.18 Å². The number of benzene rings is 2. The van der Waals surface area contributed by atoms with Crippen LogP contribution in [0.2, 0.25) is 5.02 Å². The zero-order valence-corrected chi connectivity index (χ0v) is 13.8. The van der Waals surface area contributed by atoms with Crippen LogP contribution in [-0.4, -0.2) is 11.9 Å². The minimum Gasteiger partial charge on any atom is -0.307 e. The van der Waals surface area contributed by atoms with Gasteiger partial charge in [-0.2, -0.15) is 13.2 Å². The summed E-state index contributed by atoms with van der Waals surface area (Å²) in [6, 6.07) is 4.88. The van der Waals surface area contributed by atoms with Crippen molar-refractivity contribution in [1.29, 1.82) is 0 Å². The number of alkyl halides is 3. The van der Waals surface area contributed by atoms with E-state index in [9.17, 15) is 27.2 Å². The zero-order valence-electron chi connectivity index (χ0n) is 12.1. The number of nitrogens with one attached hydrogen (secondary N) is 2. The van der Waals surface area contributed by atoms with Crippen LogP contribution >= 0.6 is 24.2 Å². The normalized spacial score (nSPS) is 11.1. The van der Waals surface area contributed by atoms with Crippen LogP contribution < -0.4 is 10.6 Å². The number of amides is 3. The van der Waals surface area contributed by atoms with Gasteiger partial charge in [-0.05, 0) is 30.3 Å². The third-order valence-electron chi connectivity index (χ3n) is 2.99. The Labute approximate surface area is 149 Å². The Morgan fingerprint density at radius 2 is 1.80 bits per heavy atom. The second kappa shape index (κ2) is 7.32. The molecule has 0 saturated heterocycles. The average Bonchev–Trinajstić information content (AvgIpc) is 2.48. The molecule has 0 saturated carbocycles. The molecule has 0 aliphatic carbocycles. The van der Waals surface area contributed by atoms with Crippen LogP contribution in [-0.2, 0) is 6.18 Å². The van der Waals surface area contributed by atoms with Crippen molar-refractivity contribution in [1.82, 2.24) is 5.32 Å². The topological polar surface area (TPSA) is 58.2 Å². The van der Waals surface area contributed by atoms with Crippen molar-refractivity contribution in [3.63, 3.8) is 0 Å². The van der Waals surface area contributed by atoms with Gasteiger partial charge < -0.3 is 5.32 Å². The lowest BCUT2D eigenvalue weighted by Crippen LogP contribution is -2.35. The average molecular weight is 393 g/mol. The molecular weight excluding hydrogens is 384 g/mol. The Morgan fingerprint density at radius 3 is 2.36 bits per heavy atom. The molecule has 2 aromatic carbocycles. The molecule has 2 aromatic rings. The highest BCUT2D eigenvalue weighted by atomic mass is 35.5. The Kier molecular flexibility index (Phi) is 5.58. The van der Waals surface area contributed by atoms with Crippen molar-refractivity contribution in [2.24, 2.45) is 0 Å². The molecule has 0 aliphatic heterocycles. The van der Waals surface area contributed by atoms with E-state index in [0.29, 0.717) is 6.07 Å². The number of anilines is 1. The molecule has 2 rings (SSSR count). The lowest BCUT2D eigenvalue weighted by molar-refractivity contribution is -0.137. The molecule has 132 valence electrons. The summed E-state index contributed by atoms with van der Waals surface area (Å²) in [5.74, 6) is -2.03. The molecular formula is C15H9ClF4N2O2S. The Morgan fingerprint density at radius 1 is 1.12 bits per heavy atom. The van der Waals surface area contributed by atoms with Gasteiger partial charge in [0, 0.05) is 4.90 Å². The molecule has 0 aromatic heterocycles. The van der Waals surface area contributed by atoms with Gasteiger partial charge in [-0.3, -0.25) is 10.1 Å². The summed E-state index contributed by atoms with van der Waals surface area (Å²) >= 11 is 9.56. The van der Waals surface area contributed by atoms with E-state index >= 15 is 0 Å². The number of hydrogen-bond donors (Lipinski definition) is 3. The summed E-state index contributed by atoms with van der Waals surface area (Å²) < 4.78 is 51.3. The summed E-state index contributed by atoms with van der Waals surface area (Å²) in [6.07, 6.45) is -4.56. The van der Waals surface area contributed by atoms with Gasteiger partial charge in [-0.15, -0.1) is 12.6 Å². The second-order valence-electron chi connectivity index (χ2n) is 4.73. The number of carbonyl (C=O) groups is 2. The first-order chi connectivity index (χ1) is 11.6. The molecule has 0 unspecified atom stereocenters. The quantitative estimate of drug-likeness (QED) is 0.510. The highest BCUT2D eigenvalue weighted by molar-refractivity contribution is 7.80. The van der Waals surface area contributed by atoms with Gasteiger partial charge in [0.05, 0.1) is 21.8 Å². The molecule has 0 heterocycles. The summed E-state index contributed by atoms with van der Waals surface area (Å²) in [4.78, 5) is 23.5. The molecule has 3 amide bonds. The fourth-order valence-corrected chi connectivity index (χ4v) is 2.37. The fraction of sp³-hybridized carbons (Fsp3) is 0.0667. The SMILES string of the molecule is O=C(NC(=O)c1c(F)cccc1Cl)Nc1ccc(C(F)(F)F)cc1S.